The molecular weight excluding hydrogens is 356 g/mol. The van der Waals surface area contributed by atoms with Crippen LogP contribution in [0.25, 0.3) is 0 Å². The summed E-state index contributed by atoms with van der Waals surface area (Å²) in [5, 5.41) is 6.66. The summed E-state index contributed by atoms with van der Waals surface area (Å²) in [5.74, 6) is 0.899. The summed E-state index contributed by atoms with van der Waals surface area (Å²) in [6.45, 7) is 6.39. The van der Waals surface area contributed by atoms with E-state index in [0.29, 0.717) is 32.7 Å². The first kappa shape index (κ1) is 20.6. The Bertz CT molecular complexity index is 632. The number of carbonyl (C=O) groups is 1. The van der Waals surface area contributed by atoms with Crippen LogP contribution in [0.2, 0.25) is 0 Å². The number of para-hydroxylation sites is 1. The molecular formula is C21H32N4O3. The molecule has 2 atom stereocenters. The minimum absolute atomic E-state index is 0.0567. The van der Waals surface area contributed by atoms with E-state index in [0.717, 1.165) is 44.1 Å². The number of benzene rings is 1. The van der Waals surface area contributed by atoms with Crippen molar-refractivity contribution < 1.29 is 14.3 Å². The second-order valence-corrected chi connectivity index (χ2v) is 7.21. The molecule has 2 aliphatic heterocycles. The zero-order valence-electron chi connectivity index (χ0n) is 16.7. The van der Waals surface area contributed by atoms with Crippen molar-refractivity contribution in [3.05, 3.63) is 30.3 Å². The summed E-state index contributed by atoms with van der Waals surface area (Å²) in [6.07, 6.45) is 3.86. The van der Waals surface area contributed by atoms with Crippen LogP contribution in [0.4, 0.5) is 5.69 Å². The zero-order chi connectivity index (χ0) is 19.6. The molecule has 0 bridgehead atoms. The second-order valence-electron chi connectivity index (χ2n) is 7.21. The molecule has 2 heterocycles. The lowest BCUT2D eigenvalue weighted by molar-refractivity contribution is -0.117. The third-order valence-electron chi connectivity index (χ3n) is 4.92. The highest BCUT2D eigenvalue weighted by Gasteiger charge is 2.31. The van der Waals surface area contributed by atoms with Gasteiger partial charge in [0.1, 0.15) is 0 Å². The van der Waals surface area contributed by atoms with Crippen LogP contribution in [0.3, 0.4) is 0 Å². The van der Waals surface area contributed by atoms with Crippen molar-refractivity contribution in [2.45, 2.75) is 44.8 Å². The van der Waals surface area contributed by atoms with Crippen LogP contribution in [0.5, 0.6) is 0 Å². The van der Waals surface area contributed by atoms with Gasteiger partial charge in [-0.05, 0) is 38.3 Å². The number of anilines is 1. The van der Waals surface area contributed by atoms with Gasteiger partial charge < -0.3 is 25.0 Å². The standard InChI is InChI=1S/C21H32N4O3/c1-2-22-21(23-11-7-12-27-16-19-10-6-13-28-19)24-17-14-20(26)25(15-17)18-8-4-3-5-9-18/h3-5,8-9,17,19H,2,6-7,10-16H2,1H3,(H2,22,23,24). The van der Waals surface area contributed by atoms with Gasteiger partial charge in [-0.25, -0.2) is 0 Å². The topological polar surface area (TPSA) is 75.2 Å². The molecule has 2 saturated heterocycles. The Hall–Kier alpha value is -2.12. The Balaban J connectivity index is 1.41. The average molecular weight is 389 g/mol. The van der Waals surface area contributed by atoms with E-state index < -0.39 is 0 Å². The van der Waals surface area contributed by atoms with Gasteiger partial charge in [-0.15, -0.1) is 0 Å². The van der Waals surface area contributed by atoms with E-state index in [2.05, 4.69) is 15.6 Å². The van der Waals surface area contributed by atoms with E-state index in [-0.39, 0.29) is 18.1 Å². The molecule has 3 rings (SSSR count). The van der Waals surface area contributed by atoms with E-state index in [9.17, 15) is 4.79 Å². The van der Waals surface area contributed by atoms with Crippen molar-refractivity contribution >= 4 is 17.6 Å². The van der Waals surface area contributed by atoms with Gasteiger partial charge in [0, 0.05) is 45.0 Å². The number of ether oxygens (including phenoxy) is 2. The molecule has 0 spiro atoms. The van der Waals surface area contributed by atoms with Gasteiger partial charge in [0.05, 0.1) is 18.8 Å². The molecule has 2 unspecified atom stereocenters. The highest BCUT2D eigenvalue weighted by atomic mass is 16.5. The van der Waals surface area contributed by atoms with Crippen molar-refractivity contribution in [1.82, 2.24) is 10.6 Å². The van der Waals surface area contributed by atoms with Crippen molar-refractivity contribution in [3.8, 4) is 0 Å². The van der Waals surface area contributed by atoms with Crippen LogP contribution in [-0.4, -0.2) is 63.5 Å². The SMILES string of the molecule is CCNC(=NCCCOCC1CCCO1)NC1CC(=O)N(c2ccccc2)C1. The molecule has 2 N–H and O–H groups in total. The molecule has 2 fully saturated rings. The maximum Gasteiger partial charge on any atom is 0.229 e. The third-order valence-corrected chi connectivity index (χ3v) is 4.92. The highest BCUT2D eigenvalue weighted by molar-refractivity contribution is 5.97. The van der Waals surface area contributed by atoms with Crippen molar-refractivity contribution in [3.63, 3.8) is 0 Å². The largest absolute Gasteiger partial charge is 0.379 e. The van der Waals surface area contributed by atoms with E-state index >= 15 is 0 Å². The predicted octanol–water partition coefficient (Wildman–Crippen LogP) is 1.93. The summed E-state index contributed by atoms with van der Waals surface area (Å²) in [6, 6.07) is 9.86. The van der Waals surface area contributed by atoms with E-state index in [1.54, 1.807) is 0 Å². The summed E-state index contributed by atoms with van der Waals surface area (Å²) in [7, 11) is 0. The first-order chi connectivity index (χ1) is 13.8. The van der Waals surface area contributed by atoms with Gasteiger partial charge in [-0.3, -0.25) is 9.79 Å². The molecule has 0 aliphatic carbocycles. The summed E-state index contributed by atoms with van der Waals surface area (Å²) in [5.41, 5.74) is 0.946. The molecule has 1 aromatic rings. The van der Waals surface area contributed by atoms with Crippen molar-refractivity contribution in [2.24, 2.45) is 4.99 Å². The van der Waals surface area contributed by atoms with Crippen LogP contribution in [0.1, 0.15) is 32.6 Å². The lowest BCUT2D eigenvalue weighted by Gasteiger charge is -2.19. The molecule has 1 aromatic carbocycles. The summed E-state index contributed by atoms with van der Waals surface area (Å²) >= 11 is 0. The third kappa shape index (κ3) is 6.21. The number of amides is 1. The Morgan fingerprint density at radius 3 is 2.96 bits per heavy atom. The number of carbonyl (C=O) groups excluding carboxylic acids is 1. The quantitative estimate of drug-likeness (QED) is 0.384. The molecule has 2 aliphatic rings. The normalized spacial score (nSPS) is 22.7. The Kier molecular flexibility index (Phi) is 8.11. The van der Waals surface area contributed by atoms with E-state index in [1.807, 2.05) is 42.2 Å². The van der Waals surface area contributed by atoms with Crippen LogP contribution in [0.15, 0.2) is 35.3 Å². The molecule has 154 valence electrons. The Morgan fingerprint density at radius 1 is 1.36 bits per heavy atom. The number of aliphatic imine (C=N–C) groups is 1. The number of nitrogens with one attached hydrogen (secondary N) is 2. The maximum atomic E-state index is 12.4. The lowest BCUT2D eigenvalue weighted by Crippen LogP contribution is -2.44. The average Bonchev–Trinajstić information content (AvgIpc) is 3.35. The fraction of sp³-hybridized carbons (Fsp3) is 0.619. The zero-order valence-corrected chi connectivity index (χ0v) is 16.7. The minimum atomic E-state index is 0.0567. The van der Waals surface area contributed by atoms with Crippen LogP contribution < -0.4 is 15.5 Å². The number of hydrogen-bond donors (Lipinski definition) is 2. The molecule has 7 heteroatoms. The van der Waals surface area contributed by atoms with Crippen LogP contribution in [0, 0.1) is 0 Å². The maximum absolute atomic E-state index is 12.4. The lowest BCUT2D eigenvalue weighted by atomic mass is 10.2. The van der Waals surface area contributed by atoms with Gasteiger partial charge in [-0.1, -0.05) is 18.2 Å². The Labute approximate surface area is 167 Å². The van der Waals surface area contributed by atoms with Gasteiger partial charge in [0.15, 0.2) is 5.96 Å². The number of nitrogens with zero attached hydrogens (tertiary/aromatic N) is 2. The smallest absolute Gasteiger partial charge is 0.229 e. The number of rotatable bonds is 9. The first-order valence-electron chi connectivity index (χ1n) is 10.4. The molecule has 28 heavy (non-hydrogen) atoms. The Morgan fingerprint density at radius 2 is 2.21 bits per heavy atom. The van der Waals surface area contributed by atoms with Crippen molar-refractivity contribution in [2.75, 3.05) is 44.4 Å². The molecule has 1 amide bonds. The molecule has 0 radical (unpaired) electrons. The van der Waals surface area contributed by atoms with E-state index in [1.165, 1.54) is 0 Å². The fourth-order valence-electron chi connectivity index (χ4n) is 3.52. The number of guanidine groups is 1. The van der Waals surface area contributed by atoms with Crippen LogP contribution in [-0.2, 0) is 14.3 Å². The highest BCUT2D eigenvalue weighted by Crippen LogP contribution is 2.20. The second kappa shape index (κ2) is 11.0. The van der Waals surface area contributed by atoms with Gasteiger partial charge in [0.2, 0.25) is 5.91 Å². The predicted molar refractivity (Wildman–Crippen MR) is 111 cm³/mol. The molecule has 0 aromatic heterocycles. The van der Waals surface area contributed by atoms with Gasteiger partial charge in [-0.2, -0.15) is 0 Å². The fourth-order valence-corrected chi connectivity index (χ4v) is 3.52. The molecule has 7 nitrogen and oxygen atoms in total. The van der Waals surface area contributed by atoms with Gasteiger partial charge >= 0.3 is 0 Å². The van der Waals surface area contributed by atoms with Gasteiger partial charge in [0.25, 0.3) is 0 Å². The summed E-state index contributed by atoms with van der Waals surface area (Å²) < 4.78 is 11.2. The van der Waals surface area contributed by atoms with Crippen molar-refractivity contribution in [1.29, 1.82) is 0 Å². The summed E-state index contributed by atoms with van der Waals surface area (Å²) in [4.78, 5) is 18.8. The monoisotopic (exact) mass is 388 g/mol. The molecule has 0 saturated carbocycles. The minimum Gasteiger partial charge on any atom is -0.379 e. The first-order valence-corrected chi connectivity index (χ1v) is 10.4. The van der Waals surface area contributed by atoms with E-state index in [4.69, 9.17) is 9.47 Å². The number of hydrogen-bond acceptors (Lipinski definition) is 4. The van der Waals surface area contributed by atoms with Crippen LogP contribution >= 0.6 is 0 Å².